The quantitative estimate of drug-likeness (QED) is 0.806. The van der Waals surface area contributed by atoms with E-state index in [0.29, 0.717) is 31.6 Å². The van der Waals surface area contributed by atoms with E-state index in [2.05, 4.69) is 5.32 Å². The van der Waals surface area contributed by atoms with Crippen molar-refractivity contribution in [3.8, 4) is 0 Å². The van der Waals surface area contributed by atoms with Crippen LogP contribution in [0.4, 0.5) is 0 Å². The van der Waals surface area contributed by atoms with Crippen LogP contribution in [0.5, 0.6) is 0 Å². The first kappa shape index (κ1) is 21.3. The van der Waals surface area contributed by atoms with Gasteiger partial charge in [0.1, 0.15) is 0 Å². The monoisotopic (exact) mass is 421 g/mol. The molecule has 1 atom stereocenters. The molecule has 2 aliphatic rings. The number of likely N-dealkylation sites (tertiary alicyclic amines) is 2. The van der Waals surface area contributed by atoms with Gasteiger partial charge in [0.25, 0.3) is 5.91 Å². The molecule has 0 aromatic heterocycles. The van der Waals surface area contributed by atoms with E-state index in [1.807, 2.05) is 47.4 Å². The number of benzene rings is 2. The lowest BCUT2D eigenvalue weighted by atomic mass is 9.95. The second-order valence-electron chi connectivity index (χ2n) is 8.60. The van der Waals surface area contributed by atoms with Crippen molar-refractivity contribution in [2.45, 2.75) is 38.5 Å². The first-order valence-corrected chi connectivity index (χ1v) is 11.5. The third kappa shape index (κ3) is 5.06. The summed E-state index contributed by atoms with van der Waals surface area (Å²) in [5, 5.41) is 4.91. The first-order valence-electron chi connectivity index (χ1n) is 11.5. The van der Waals surface area contributed by atoms with Gasteiger partial charge in [0.05, 0.1) is 5.92 Å². The molecule has 2 aromatic rings. The van der Waals surface area contributed by atoms with Crippen molar-refractivity contribution < 1.29 is 14.4 Å². The number of carbonyl (C=O) groups excluding carboxylic acids is 3. The molecule has 0 spiro atoms. The summed E-state index contributed by atoms with van der Waals surface area (Å²) >= 11 is 0. The Labute approximate surface area is 183 Å². The van der Waals surface area contributed by atoms with Crippen LogP contribution in [0.25, 0.3) is 10.8 Å². The third-order valence-electron chi connectivity index (χ3n) is 6.45. The molecule has 2 aliphatic heterocycles. The average molecular weight is 422 g/mol. The van der Waals surface area contributed by atoms with E-state index in [1.54, 1.807) is 4.90 Å². The van der Waals surface area contributed by atoms with Crippen LogP contribution in [0.3, 0.4) is 0 Å². The third-order valence-corrected chi connectivity index (χ3v) is 6.45. The number of piperidine rings is 2. The van der Waals surface area contributed by atoms with Gasteiger partial charge in [-0.05, 0) is 48.9 Å². The highest BCUT2D eigenvalue weighted by Gasteiger charge is 2.29. The number of amides is 3. The fourth-order valence-electron chi connectivity index (χ4n) is 4.70. The molecule has 3 amide bonds. The number of hydrogen-bond acceptors (Lipinski definition) is 3. The Kier molecular flexibility index (Phi) is 6.85. The van der Waals surface area contributed by atoms with Crippen LogP contribution < -0.4 is 5.32 Å². The van der Waals surface area contributed by atoms with Crippen LogP contribution in [0, 0.1) is 5.92 Å². The highest BCUT2D eigenvalue weighted by Crippen LogP contribution is 2.23. The van der Waals surface area contributed by atoms with E-state index in [0.717, 1.165) is 49.5 Å². The molecule has 1 N–H and O–H groups in total. The maximum atomic E-state index is 13.2. The molecule has 2 fully saturated rings. The number of nitrogens with zero attached hydrogens (tertiary/aromatic N) is 2. The number of carbonyl (C=O) groups is 3. The molecular weight excluding hydrogens is 390 g/mol. The molecule has 31 heavy (non-hydrogen) atoms. The van der Waals surface area contributed by atoms with Crippen LogP contribution in [0.15, 0.2) is 42.5 Å². The van der Waals surface area contributed by atoms with Gasteiger partial charge in [0.2, 0.25) is 11.8 Å². The minimum Gasteiger partial charge on any atom is -0.355 e. The molecule has 6 heteroatoms. The molecule has 2 aromatic carbocycles. The summed E-state index contributed by atoms with van der Waals surface area (Å²) in [6.45, 7) is 3.12. The molecule has 164 valence electrons. The summed E-state index contributed by atoms with van der Waals surface area (Å²) in [6, 6.07) is 13.7. The minimum atomic E-state index is -0.224. The summed E-state index contributed by atoms with van der Waals surface area (Å²) in [5.74, 6) is -0.175. The van der Waals surface area contributed by atoms with Crippen molar-refractivity contribution in [3.63, 3.8) is 0 Å². The number of nitrogens with one attached hydrogen (secondary N) is 1. The normalized spacial score (nSPS) is 19.3. The Hall–Kier alpha value is -2.89. The SMILES string of the molecule is O=C(NCCC(=O)N1CCCCC1)C1CCCN(C(=O)c2cccc3ccccc23)C1. The maximum Gasteiger partial charge on any atom is 0.254 e. The summed E-state index contributed by atoms with van der Waals surface area (Å²) in [4.78, 5) is 41.9. The Morgan fingerprint density at radius 1 is 0.871 bits per heavy atom. The highest BCUT2D eigenvalue weighted by atomic mass is 16.2. The minimum absolute atomic E-state index is 0.0189. The van der Waals surface area contributed by atoms with Crippen molar-refractivity contribution in [1.82, 2.24) is 15.1 Å². The predicted molar refractivity (Wildman–Crippen MR) is 121 cm³/mol. The van der Waals surface area contributed by atoms with Crippen molar-refractivity contribution in [1.29, 1.82) is 0 Å². The van der Waals surface area contributed by atoms with Gasteiger partial charge >= 0.3 is 0 Å². The summed E-state index contributed by atoms with van der Waals surface area (Å²) in [6.07, 6.45) is 5.25. The van der Waals surface area contributed by atoms with Gasteiger partial charge < -0.3 is 15.1 Å². The molecule has 2 heterocycles. The molecule has 0 radical (unpaired) electrons. The second kappa shape index (κ2) is 9.94. The van der Waals surface area contributed by atoms with Crippen LogP contribution in [0.2, 0.25) is 0 Å². The van der Waals surface area contributed by atoms with E-state index >= 15 is 0 Å². The first-order chi connectivity index (χ1) is 15.1. The van der Waals surface area contributed by atoms with E-state index in [9.17, 15) is 14.4 Å². The van der Waals surface area contributed by atoms with E-state index in [1.165, 1.54) is 6.42 Å². The van der Waals surface area contributed by atoms with Crippen LogP contribution in [-0.4, -0.2) is 60.2 Å². The highest BCUT2D eigenvalue weighted by molar-refractivity contribution is 6.07. The predicted octanol–water partition coefficient (Wildman–Crippen LogP) is 3.21. The molecule has 1 unspecified atom stereocenters. The number of fused-ring (bicyclic) bond motifs is 1. The van der Waals surface area contributed by atoms with Crippen molar-refractivity contribution in [2.24, 2.45) is 5.92 Å². The topological polar surface area (TPSA) is 69.7 Å². The molecule has 0 bridgehead atoms. The van der Waals surface area contributed by atoms with Gasteiger partial charge in [-0.25, -0.2) is 0 Å². The Morgan fingerprint density at radius 3 is 2.45 bits per heavy atom. The van der Waals surface area contributed by atoms with Gasteiger partial charge in [0, 0.05) is 44.7 Å². The lowest BCUT2D eigenvalue weighted by molar-refractivity contribution is -0.132. The van der Waals surface area contributed by atoms with Gasteiger partial charge in [-0.3, -0.25) is 14.4 Å². The summed E-state index contributed by atoms with van der Waals surface area (Å²) < 4.78 is 0. The molecule has 4 rings (SSSR count). The fraction of sp³-hybridized carbons (Fsp3) is 0.480. The van der Waals surface area contributed by atoms with Gasteiger partial charge in [0.15, 0.2) is 0 Å². The Morgan fingerprint density at radius 2 is 1.61 bits per heavy atom. The summed E-state index contributed by atoms with van der Waals surface area (Å²) in [5.41, 5.74) is 0.686. The Bertz CT molecular complexity index is 947. The largest absolute Gasteiger partial charge is 0.355 e. The van der Waals surface area contributed by atoms with Gasteiger partial charge in [-0.2, -0.15) is 0 Å². The number of hydrogen-bond donors (Lipinski definition) is 1. The zero-order chi connectivity index (χ0) is 21.6. The number of rotatable bonds is 5. The van der Waals surface area contributed by atoms with Crippen LogP contribution in [-0.2, 0) is 9.59 Å². The molecule has 0 aliphatic carbocycles. The second-order valence-corrected chi connectivity index (χ2v) is 8.60. The average Bonchev–Trinajstić information content (AvgIpc) is 2.83. The van der Waals surface area contributed by atoms with Gasteiger partial charge in [-0.15, -0.1) is 0 Å². The Balaban J connectivity index is 1.32. The molecule has 6 nitrogen and oxygen atoms in total. The van der Waals surface area contributed by atoms with Crippen molar-refractivity contribution in [3.05, 3.63) is 48.0 Å². The molecular formula is C25H31N3O3. The maximum absolute atomic E-state index is 13.2. The van der Waals surface area contributed by atoms with E-state index in [-0.39, 0.29) is 23.6 Å². The zero-order valence-corrected chi connectivity index (χ0v) is 18.0. The lowest BCUT2D eigenvalue weighted by Crippen LogP contribution is -2.46. The van der Waals surface area contributed by atoms with E-state index in [4.69, 9.17) is 0 Å². The summed E-state index contributed by atoms with van der Waals surface area (Å²) in [7, 11) is 0. The molecule has 2 saturated heterocycles. The fourth-order valence-corrected chi connectivity index (χ4v) is 4.70. The lowest BCUT2D eigenvalue weighted by Gasteiger charge is -2.32. The van der Waals surface area contributed by atoms with Crippen molar-refractivity contribution in [2.75, 3.05) is 32.7 Å². The van der Waals surface area contributed by atoms with Crippen molar-refractivity contribution >= 4 is 28.5 Å². The van der Waals surface area contributed by atoms with Crippen LogP contribution in [0.1, 0.15) is 48.9 Å². The van der Waals surface area contributed by atoms with Gasteiger partial charge in [-0.1, -0.05) is 36.4 Å². The van der Waals surface area contributed by atoms with Crippen LogP contribution >= 0.6 is 0 Å². The standard InChI is InChI=1S/C25H31N3O3/c29-23(27-15-4-1-5-16-27)13-14-26-24(30)20-10-7-17-28(18-20)25(31)22-12-6-9-19-8-2-3-11-21(19)22/h2-3,6,8-9,11-12,20H,1,4-5,7,10,13-18H2,(H,26,30). The smallest absolute Gasteiger partial charge is 0.254 e. The molecule has 0 saturated carbocycles. The zero-order valence-electron chi connectivity index (χ0n) is 18.0. The van der Waals surface area contributed by atoms with E-state index < -0.39 is 0 Å².